The number of nitrogens with one attached hydrogen (secondary N) is 2. The predicted molar refractivity (Wildman–Crippen MR) is 45.8 cm³/mol. The first-order valence-electron chi connectivity index (χ1n) is 3.75. The van der Waals surface area contributed by atoms with Gasteiger partial charge in [0.05, 0.1) is 6.54 Å². The molecule has 0 radical (unpaired) electrons. The van der Waals surface area contributed by atoms with Gasteiger partial charge in [-0.1, -0.05) is 6.92 Å². The Labute approximate surface area is 62.9 Å². The summed E-state index contributed by atoms with van der Waals surface area (Å²) in [6, 6.07) is 0. The summed E-state index contributed by atoms with van der Waals surface area (Å²) >= 11 is 0. The fourth-order valence-corrected chi connectivity index (χ4v) is 0.637. The molecule has 0 bridgehead atoms. The Morgan fingerprint density at radius 1 is 1.20 bits per heavy atom. The van der Waals surface area contributed by atoms with Gasteiger partial charge in [0.2, 0.25) is 0 Å². The van der Waals surface area contributed by atoms with Crippen molar-refractivity contribution >= 4 is 6.72 Å². The maximum Gasteiger partial charge on any atom is 0.0507 e. The number of aliphatic imine (C=N–C) groups is 1. The van der Waals surface area contributed by atoms with Crippen molar-refractivity contribution in [3.8, 4) is 0 Å². The average Bonchev–Trinajstić information content (AvgIpc) is 1.97. The van der Waals surface area contributed by atoms with E-state index in [0.717, 1.165) is 32.7 Å². The quantitative estimate of drug-likeness (QED) is 0.385. The van der Waals surface area contributed by atoms with Crippen molar-refractivity contribution in [1.29, 1.82) is 0 Å². The van der Waals surface area contributed by atoms with Crippen molar-refractivity contribution < 1.29 is 0 Å². The van der Waals surface area contributed by atoms with Gasteiger partial charge in [-0.3, -0.25) is 4.99 Å². The van der Waals surface area contributed by atoms with Gasteiger partial charge >= 0.3 is 0 Å². The van der Waals surface area contributed by atoms with Gasteiger partial charge in [0, 0.05) is 19.6 Å². The van der Waals surface area contributed by atoms with Crippen molar-refractivity contribution in [2.24, 2.45) is 4.99 Å². The van der Waals surface area contributed by atoms with Gasteiger partial charge in [0.1, 0.15) is 0 Å². The molecular weight excluding hydrogens is 126 g/mol. The molecule has 0 aromatic rings. The standard InChI is InChI=1S/C7H17N3/c1-3-9-6-7-10-5-4-8-2/h9-10H,2-7H2,1H3. The fraction of sp³-hybridized carbons (Fsp3) is 0.857. The second-order valence-corrected chi connectivity index (χ2v) is 2.05. The lowest BCUT2D eigenvalue weighted by Crippen LogP contribution is -2.28. The first kappa shape index (κ1) is 9.59. The molecular formula is C7H17N3. The van der Waals surface area contributed by atoms with E-state index in [1.54, 1.807) is 0 Å². The molecule has 0 aromatic heterocycles. The van der Waals surface area contributed by atoms with Gasteiger partial charge in [0.15, 0.2) is 0 Å². The van der Waals surface area contributed by atoms with Crippen molar-refractivity contribution in [2.45, 2.75) is 6.92 Å². The third-order valence-corrected chi connectivity index (χ3v) is 1.18. The Bertz CT molecular complexity index is 73.3. The second kappa shape index (κ2) is 8.59. The lowest BCUT2D eigenvalue weighted by Gasteiger charge is -2.01. The molecule has 0 rings (SSSR count). The van der Waals surface area contributed by atoms with E-state index in [1.165, 1.54) is 0 Å². The van der Waals surface area contributed by atoms with Crippen LogP contribution in [0.15, 0.2) is 4.99 Å². The second-order valence-electron chi connectivity index (χ2n) is 2.05. The van der Waals surface area contributed by atoms with E-state index in [1.807, 2.05) is 0 Å². The molecule has 2 N–H and O–H groups in total. The molecule has 0 aromatic carbocycles. The van der Waals surface area contributed by atoms with Crippen LogP contribution in [0.1, 0.15) is 6.92 Å². The average molecular weight is 143 g/mol. The molecule has 0 aliphatic heterocycles. The molecule has 0 heterocycles. The fourth-order valence-electron chi connectivity index (χ4n) is 0.637. The Morgan fingerprint density at radius 2 is 1.90 bits per heavy atom. The smallest absolute Gasteiger partial charge is 0.0507 e. The third kappa shape index (κ3) is 7.59. The van der Waals surface area contributed by atoms with Crippen LogP contribution in [0.2, 0.25) is 0 Å². The van der Waals surface area contributed by atoms with Crippen molar-refractivity contribution in [3.05, 3.63) is 0 Å². The Morgan fingerprint density at radius 3 is 2.50 bits per heavy atom. The van der Waals surface area contributed by atoms with Gasteiger partial charge in [0.25, 0.3) is 0 Å². The molecule has 0 saturated heterocycles. The molecule has 0 saturated carbocycles. The molecule has 3 nitrogen and oxygen atoms in total. The van der Waals surface area contributed by atoms with Crippen LogP contribution >= 0.6 is 0 Å². The molecule has 0 unspecified atom stereocenters. The highest BCUT2D eigenvalue weighted by Crippen LogP contribution is 1.62. The van der Waals surface area contributed by atoms with Gasteiger partial charge < -0.3 is 10.6 Å². The van der Waals surface area contributed by atoms with Crippen LogP contribution in [0.25, 0.3) is 0 Å². The summed E-state index contributed by atoms with van der Waals surface area (Å²) in [5.74, 6) is 0. The van der Waals surface area contributed by atoms with Crippen molar-refractivity contribution in [1.82, 2.24) is 10.6 Å². The van der Waals surface area contributed by atoms with E-state index in [2.05, 4.69) is 29.3 Å². The molecule has 0 fully saturated rings. The van der Waals surface area contributed by atoms with Crippen LogP contribution < -0.4 is 10.6 Å². The van der Waals surface area contributed by atoms with Crippen LogP contribution in [0.4, 0.5) is 0 Å². The number of rotatable bonds is 7. The monoisotopic (exact) mass is 143 g/mol. The van der Waals surface area contributed by atoms with E-state index in [0.29, 0.717) is 0 Å². The predicted octanol–water partition coefficient (Wildman–Crippen LogP) is -0.114. The maximum atomic E-state index is 3.72. The molecule has 10 heavy (non-hydrogen) atoms. The molecule has 3 heteroatoms. The molecule has 0 atom stereocenters. The maximum absolute atomic E-state index is 3.72. The summed E-state index contributed by atoms with van der Waals surface area (Å²) in [6.45, 7) is 10.3. The molecule has 0 aliphatic carbocycles. The zero-order chi connectivity index (χ0) is 7.66. The lowest BCUT2D eigenvalue weighted by atomic mass is 10.5. The highest BCUT2D eigenvalue weighted by molar-refractivity contribution is 5.23. The number of likely N-dealkylation sites (N-methyl/N-ethyl adjacent to an activating group) is 1. The van der Waals surface area contributed by atoms with Crippen LogP contribution in [0.3, 0.4) is 0 Å². The minimum absolute atomic E-state index is 0.812. The highest BCUT2D eigenvalue weighted by Gasteiger charge is 1.83. The van der Waals surface area contributed by atoms with E-state index in [-0.39, 0.29) is 0 Å². The number of hydrogen-bond donors (Lipinski definition) is 2. The van der Waals surface area contributed by atoms with Gasteiger partial charge in [-0.15, -0.1) is 0 Å². The van der Waals surface area contributed by atoms with Gasteiger partial charge in [-0.25, -0.2) is 0 Å². The number of nitrogens with zero attached hydrogens (tertiary/aromatic N) is 1. The summed E-state index contributed by atoms with van der Waals surface area (Å²) in [7, 11) is 0. The van der Waals surface area contributed by atoms with Crippen LogP contribution in [-0.2, 0) is 0 Å². The van der Waals surface area contributed by atoms with E-state index < -0.39 is 0 Å². The summed E-state index contributed by atoms with van der Waals surface area (Å²) in [5.41, 5.74) is 0. The van der Waals surface area contributed by atoms with E-state index in [4.69, 9.17) is 0 Å². The summed E-state index contributed by atoms with van der Waals surface area (Å²) in [6.07, 6.45) is 0. The highest BCUT2D eigenvalue weighted by atomic mass is 14.9. The third-order valence-electron chi connectivity index (χ3n) is 1.18. The van der Waals surface area contributed by atoms with Gasteiger partial charge in [-0.05, 0) is 13.3 Å². The molecule has 0 amide bonds. The molecule has 60 valence electrons. The first-order chi connectivity index (χ1) is 4.91. The summed E-state index contributed by atoms with van der Waals surface area (Å²) in [4.78, 5) is 3.72. The van der Waals surface area contributed by atoms with Gasteiger partial charge in [-0.2, -0.15) is 0 Å². The van der Waals surface area contributed by atoms with Crippen molar-refractivity contribution in [3.63, 3.8) is 0 Å². The minimum atomic E-state index is 0.812. The molecule has 0 aliphatic rings. The SMILES string of the molecule is C=NCCNCCNCC. The summed E-state index contributed by atoms with van der Waals surface area (Å²) < 4.78 is 0. The van der Waals surface area contributed by atoms with Crippen molar-refractivity contribution in [2.75, 3.05) is 32.7 Å². The van der Waals surface area contributed by atoms with E-state index >= 15 is 0 Å². The minimum Gasteiger partial charge on any atom is -0.316 e. The first-order valence-corrected chi connectivity index (χ1v) is 3.75. The zero-order valence-corrected chi connectivity index (χ0v) is 6.69. The normalized spacial score (nSPS) is 9.70. The summed E-state index contributed by atoms with van der Waals surface area (Å²) in [5, 5.41) is 6.44. The zero-order valence-electron chi connectivity index (χ0n) is 6.69. The Balaban J connectivity index is 2.70. The van der Waals surface area contributed by atoms with Crippen LogP contribution in [-0.4, -0.2) is 39.4 Å². The lowest BCUT2D eigenvalue weighted by molar-refractivity contribution is 0.629. The Kier molecular flexibility index (Phi) is 8.24. The van der Waals surface area contributed by atoms with Crippen LogP contribution in [0.5, 0.6) is 0 Å². The number of hydrogen-bond acceptors (Lipinski definition) is 3. The topological polar surface area (TPSA) is 36.4 Å². The Hall–Kier alpha value is -0.410. The van der Waals surface area contributed by atoms with E-state index in [9.17, 15) is 0 Å². The van der Waals surface area contributed by atoms with Crippen LogP contribution in [0, 0.1) is 0 Å². The molecule has 0 spiro atoms. The largest absolute Gasteiger partial charge is 0.316 e.